The van der Waals surface area contributed by atoms with E-state index in [1.54, 1.807) is 18.5 Å². The molecule has 1 fully saturated rings. The van der Waals surface area contributed by atoms with Crippen LogP contribution in [0.4, 0.5) is 0 Å². The summed E-state index contributed by atoms with van der Waals surface area (Å²) in [5.41, 5.74) is 1.21. The average molecular weight is 282 g/mol. The minimum atomic E-state index is 1.21. The third-order valence-corrected chi connectivity index (χ3v) is 3.15. The number of piperidine rings is 1. The summed E-state index contributed by atoms with van der Waals surface area (Å²) in [5, 5.41) is 4.56. The largest absolute Gasteiger partial charge is 0.361 e. The van der Waals surface area contributed by atoms with E-state index >= 15 is 0 Å². The first-order valence-corrected chi connectivity index (χ1v) is 7.39. The molecule has 0 saturated carbocycles. The number of nitrogens with one attached hydrogen (secondary N) is 2. The minimum absolute atomic E-state index is 1.21. The molecule has 0 atom stereocenters. The van der Waals surface area contributed by atoms with E-state index in [1.165, 1.54) is 49.6 Å². The van der Waals surface area contributed by atoms with Crippen molar-refractivity contribution in [3.63, 3.8) is 0 Å². The van der Waals surface area contributed by atoms with E-state index in [1.807, 2.05) is 18.3 Å². The van der Waals surface area contributed by atoms with Gasteiger partial charge in [-0.1, -0.05) is 24.6 Å². The van der Waals surface area contributed by atoms with E-state index in [4.69, 9.17) is 0 Å². The fourth-order valence-corrected chi connectivity index (χ4v) is 2.05. The van der Waals surface area contributed by atoms with Gasteiger partial charge in [-0.3, -0.25) is 0 Å². The number of H-pyrrole nitrogens is 1. The molecule has 4 rings (SSSR count). The molecule has 0 spiro atoms. The lowest BCUT2D eigenvalue weighted by Gasteiger charge is -2.08. The van der Waals surface area contributed by atoms with Gasteiger partial charge < -0.3 is 10.3 Å². The van der Waals surface area contributed by atoms with Crippen LogP contribution in [-0.4, -0.2) is 28.0 Å². The number of fused-ring (bicyclic) bond motifs is 1. The molecular formula is C17H22N4. The summed E-state index contributed by atoms with van der Waals surface area (Å²) in [7, 11) is 0. The number of nitrogens with zero attached hydrogens (tertiary/aromatic N) is 2. The van der Waals surface area contributed by atoms with Gasteiger partial charge in [0.15, 0.2) is 0 Å². The highest BCUT2D eigenvalue weighted by atomic mass is 14.9. The monoisotopic (exact) mass is 282 g/mol. The second-order valence-corrected chi connectivity index (χ2v) is 4.78. The van der Waals surface area contributed by atoms with Crippen molar-refractivity contribution in [2.45, 2.75) is 19.3 Å². The van der Waals surface area contributed by atoms with Crippen LogP contribution >= 0.6 is 0 Å². The Labute approximate surface area is 125 Å². The Morgan fingerprint density at radius 2 is 1.57 bits per heavy atom. The molecule has 1 aliphatic heterocycles. The molecule has 2 aromatic heterocycles. The summed E-state index contributed by atoms with van der Waals surface area (Å²) in [6.07, 6.45) is 11.0. The highest BCUT2D eigenvalue weighted by molar-refractivity contribution is 5.78. The van der Waals surface area contributed by atoms with Crippen molar-refractivity contribution in [2.24, 2.45) is 0 Å². The van der Waals surface area contributed by atoms with Gasteiger partial charge in [0, 0.05) is 24.1 Å². The summed E-state index contributed by atoms with van der Waals surface area (Å²) >= 11 is 0. The number of hydrogen-bond donors (Lipinski definition) is 2. The molecule has 0 unspecified atom stereocenters. The average Bonchev–Trinajstić information content (AvgIpc) is 3.08. The zero-order valence-electron chi connectivity index (χ0n) is 12.2. The first kappa shape index (κ1) is 15.2. The molecule has 3 heterocycles. The predicted molar refractivity (Wildman–Crippen MR) is 87.1 cm³/mol. The fourth-order valence-electron chi connectivity index (χ4n) is 2.05. The van der Waals surface area contributed by atoms with Gasteiger partial charge >= 0.3 is 0 Å². The first-order chi connectivity index (χ1) is 10.5. The molecule has 0 amide bonds. The van der Waals surface area contributed by atoms with E-state index in [0.717, 1.165) is 0 Å². The van der Waals surface area contributed by atoms with Crippen LogP contribution in [-0.2, 0) is 0 Å². The molecule has 2 N–H and O–H groups in total. The molecular weight excluding hydrogens is 260 g/mol. The summed E-state index contributed by atoms with van der Waals surface area (Å²) in [6.45, 7) is 2.50. The smallest absolute Gasteiger partial charge is 0.115 e. The molecule has 0 radical (unpaired) electrons. The topological polar surface area (TPSA) is 53.6 Å². The van der Waals surface area contributed by atoms with Crippen LogP contribution in [0, 0.1) is 0 Å². The number of aromatic amines is 1. The van der Waals surface area contributed by atoms with Crippen molar-refractivity contribution in [3.8, 4) is 0 Å². The van der Waals surface area contributed by atoms with E-state index < -0.39 is 0 Å². The molecule has 110 valence electrons. The number of aromatic nitrogens is 3. The summed E-state index contributed by atoms with van der Waals surface area (Å²) < 4.78 is 0. The lowest BCUT2D eigenvalue weighted by atomic mass is 10.2. The highest BCUT2D eigenvalue weighted by Gasteiger charge is 1.93. The molecule has 1 saturated heterocycles. The van der Waals surface area contributed by atoms with Gasteiger partial charge in [-0.15, -0.1) is 0 Å². The molecule has 1 aromatic carbocycles. The van der Waals surface area contributed by atoms with Crippen LogP contribution < -0.4 is 5.32 Å². The fraction of sp³-hybridized carbons (Fsp3) is 0.294. The first-order valence-electron chi connectivity index (χ1n) is 7.39. The maximum Gasteiger partial charge on any atom is 0.115 e. The van der Waals surface area contributed by atoms with Gasteiger partial charge in [0.2, 0.25) is 0 Å². The molecule has 4 nitrogen and oxygen atoms in total. The Hall–Kier alpha value is -2.20. The number of rotatable bonds is 0. The van der Waals surface area contributed by atoms with Gasteiger partial charge in [-0.05, 0) is 49.5 Å². The minimum Gasteiger partial charge on any atom is -0.361 e. The summed E-state index contributed by atoms with van der Waals surface area (Å²) in [6, 6.07) is 12.1. The second-order valence-electron chi connectivity index (χ2n) is 4.78. The third-order valence-electron chi connectivity index (χ3n) is 3.15. The molecule has 3 aromatic rings. The Morgan fingerprint density at radius 1 is 0.810 bits per heavy atom. The van der Waals surface area contributed by atoms with E-state index in [0.29, 0.717) is 0 Å². The molecule has 21 heavy (non-hydrogen) atoms. The Morgan fingerprint density at radius 3 is 2.05 bits per heavy atom. The van der Waals surface area contributed by atoms with Crippen LogP contribution in [0.15, 0.2) is 61.3 Å². The standard InChI is InChI=1S/C8H7N.C5H11N.C4H4N2/c1-2-4-8-7(3-1)5-6-9-8;1-2-4-6-5-3-1;1-2-5-4-6-3-1/h1-6,9H;6H,1-5H2;1-4H. The van der Waals surface area contributed by atoms with Gasteiger partial charge in [-0.25, -0.2) is 9.97 Å². The Bertz CT molecular complexity index is 519. The van der Waals surface area contributed by atoms with E-state index in [9.17, 15) is 0 Å². The van der Waals surface area contributed by atoms with Crippen molar-refractivity contribution in [1.82, 2.24) is 20.3 Å². The lowest BCUT2D eigenvalue weighted by Crippen LogP contribution is -2.21. The van der Waals surface area contributed by atoms with Gasteiger partial charge in [0.05, 0.1) is 0 Å². The third kappa shape index (κ3) is 6.19. The van der Waals surface area contributed by atoms with Crippen molar-refractivity contribution in [1.29, 1.82) is 0 Å². The molecule has 0 bridgehead atoms. The summed E-state index contributed by atoms with van der Waals surface area (Å²) in [4.78, 5) is 10.5. The van der Waals surface area contributed by atoms with Gasteiger partial charge in [0.1, 0.15) is 6.33 Å². The maximum absolute atomic E-state index is 3.67. The van der Waals surface area contributed by atoms with Crippen LogP contribution in [0.25, 0.3) is 10.9 Å². The number of hydrogen-bond acceptors (Lipinski definition) is 3. The number of para-hydroxylation sites is 1. The van der Waals surface area contributed by atoms with Gasteiger partial charge in [-0.2, -0.15) is 0 Å². The second kappa shape index (κ2) is 9.66. The SMILES string of the molecule is C1CCNCC1.c1ccc2[nH]ccc2c1.c1cncnc1. The quantitative estimate of drug-likeness (QED) is 0.664. The van der Waals surface area contributed by atoms with Crippen molar-refractivity contribution in [2.75, 3.05) is 13.1 Å². The highest BCUT2D eigenvalue weighted by Crippen LogP contribution is 2.09. The lowest BCUT2D eigenvalue weighted by molar-refractivity contribution is 0.520. The Kier molecular flexibility index (Phi) is 6.99. The maximum atomic E-state index is 3.67. The molecule has 4 heteroatoms. The number of benzene rings is 1. The summed E-state index contributed by atoms with van der Waals surface area (Å²) in [5.74, 6) is 0. The van der Waals surface area contributed by atoms with Crippen molar-refractivity contribution < 1.29 is 0 Å². The zero-order chi connectivity index (χ0) is 14.6. The predicted octanol–water partition coefficient (Wildman–Crippen LogP) is 3.40. The van der Waals surface area contributed by atoms with Crippen LogP contribution in [0.5, 0.6) is 0 Å². The molecule has 0 aliphatic carbocycles. The van der Waals surface area contributed by atoms with Crippen LogP contribution in [0.2, 0.25) is 0 Å². The van der Waals surface area contributed by atoms with Crippen LogP contribution in [0.3, 0.4) is 0 Å². The van der Waals surface area contributed by atoms with Crippen molar-refractivity contribution in [3.05, 3.63) is 61.3 Å². The van der Waals surface area contributed by atoms with E-state index in [2.05, 4.69) is 38.5 Å². The zero-order valence-corrected chi connectivity index (χ0v) is 12.2. The Balaban J connectivity index is 0.000000120. The van der Waals surface area contributed by atoms with Gasteiger partial charge in [0.25, 0.3) is 0 Å². The molecule has 1 aliphatic rings. The van der Waals surface area contributed by atoms with Crippen molar-refractivity contribution >= 4 is 10.9 Å². The van der Waals surface area contributed by atoms with Crippen LogP contribution in [0.1, 0.15) is 19.3 Å². The normalized spacial score (nSPS) is 13.5. The van der Waals surface area contributed by atoms with E-state index in [-0.39, 0.29) is 0 Å².